The number of aldehydes is 1. The molecule has 168 valence electrons. The van der Waals surface area contributed by atoms with E-state index >= 15 is 0 Å². The smallest absolute Gasteiger partial charge is 0.116 e. The summed E-state index contributed by atoms with van der Waals surface area (Å²) in [7, 11) is 0. The second kappa shape index (κ2) is 9.63. The molecule has 2 heterocycles. The first-order valence-electron chi connectivity index (χ1n) is 12.5. The minimum Gasteiger partial charge on any atom is -0.372 e. The van der Waals surface area contributed by atoms with Crippen LogP contribution in [0.25, 0.3) is 10.9 Å². The molecule has 3 fully saturated rings. The number of nitrogens with one attached hydrogen (secondary N) is 1. The van der Waals surface area contributed by atoms with Gasteiger partial charge in [0.15, 0.2) is 0 Å². The van der Waals surface area contributed by atoms with Crippen LogP contribution in [0.4, 0.5) is 0 Å². The van der Waals surface area contributed by atoms with E-state index in [1.807, 2.05) is 0 Å². The second-order valence-electron chi connectivity index (χ2n) is 10.2. The van der Waals surface area contributed by atoms with E-state index in [4.69, 9.17) is 4.79 Å². The molecule has 5 rings (SSSR count). The van der Waals surface area contributed by atoms with E-state index < -0.39 is 0 Å². The fourth-order valence-electron chi connectivity index (χ4n) is 6.32. The van der Waals surface area contributed by atoms with Gasteiger partial charge in [-0.1, -0.05) is 45.4 Å². The molecule has 0 spiro atoms. The minimum absolute atomic E-state index is 0.516. The highest BCUT2D eigenvalue weighted by Gasteiger charge is 2.37. The SMILES string of the molecule is C=C(CC(C)c1c[nH]c2cccc(C3CC3)c12)N1CCCC2C(C)CCCC21.CC=O. The Morgan fingerprint density at radius 2 is 2.00 bits per heavy atom. The zero-order valence-electron chi connectivity index (χ0n) is 19.7. The normalized spacial score (nSPS) is 26.5. The van der Waals surface area contributed by atoms with Crippen molar-refractivity contribution in [1.82, 2.24) is 9.88 Å². The van der Waals surface area contributed by atoms with Crippen LogP contribution in [-0.4, -0.2) is 28.8 Å². The van der Waals surface area contributed by atoms with E-state index in [1.165, 1.54) is 80.6 Å². The number of rotatable bonds is 5. The van der Waals surface area contributed by atoms with Crippen molar-refractivity contribution in [2.75, 3.05) is 6.54 Å². The Hall–Kier alpha value is -2.03. The van der Waals surface area contributed by atoms with Crippen molar-refractivity contribution in [3.63, 3.8) is 0 Å². The lowest BCUT2D eigenvalue weighted by molar-refractivity contribution is -0.106. The summed E-state index contributed by atoms with van der Waals surface area (Å²) < 4.78 is 0. The molecule has 3 heteroatoms. The van der Waals surface area contributed by atoms with Crippen molar-refractivity contribution in [2.24, 2.45) is 11.8 Å². The van der Waals surface area contributed by atoms with Crippen molar-refractivity contribution in [3.8, 4) is 0 Å². The third-order valence-electron chi connectivity index (χ3n) is 7.99. The number of allylic oxidation sites excluding steroid dienone is 1. The molecule has 0 bridgehead atoms. The number of nitrogens with zero attached hydrogens (tertiary/aromatic N) is 1. The summed E-state index contributed by atoms with van der Waals surface area (Å²) in [5, 5.41) is 1.51. The number of carbonyl (C=O) groups is 1. The standard InChI is InChI=1S/C26H36N2.C2H4O/c1-17-7-4-11-25-21(17)9-6-14-28(25)19(3)15-18(2)23-16-27-24-10-5-8-22(26(23)24)20-12-13-20;1-2-3/h5,8,10,16-18,20-21,25,27H,3-4,6-7,9,11-15H2,1-2H3;2H,1H3. The molecule has 1 aromatic heterocycles. The number of fused-ring (bicyclic) bond motifs is 2. The maximum absolute atomic E-state index is 8.81. The summed E-state index contributed by atoms with van der Waals surface area (Å²) in [5.41, 5.74) is 5.78. The lowest BCUT2D eigenvalue weighted by Gasteiger charge is -2.49. The van der Waals surface area contributed by atoms with Crippen molar-refractivity contribution >= 4 is 17.2 Å². The van der Waals surface area contributed by atoms with Gasteiger partial charge in [0.25, 0.3) is 0 Å². The number of H-pyrrole nitrogens is 1. The van der Waals surface area contributed by atoms with Crippen LogP contribution in [0.15, 0.2) is 36.7 Å². The number of hydrogen-bond donors (Lipinski definition) is 1. The topological polar surface area (TPSA) is 36.1 Å². The third-order valence-corrected chi connectivity index (χ3v) is 7.99. The van der Waals surface area contributed by atoms with Gasteiger partial charge >= 0.3 is 0 Å². The largest absolute Gasteiger partial charge is 0.372 e. The molecule has 1 saturated heterocycles. The Morgan fingerprint density at radius 1 is 1.23 bits per heavy atom. The molecule has 1 aromatic carbocycles. The Bertz CT molecular complexity index is 909. The van der Waals surface area contributed by atoms with Gasteiger partial charge in [-0.15, -0.1) is 0 Å². The quantitative estimate of drug-likeness (QED) is 0.521. The third kappa shape index (κ3) is 4.61. The maximum Gasteiger partial charge on any atom is 0.116 e. The molecule has 2 saturated carbocycles. The Kier molecular flexibility index (Phi) is 6.89. The molecule has 1 N–H and O–H groups in total. The van der Waals surface area contributed by atoms with Gasteiger partial charge < -0.3 is 14.7 Å². The van der Waals surface area contributed by atoms with Gasteiger partial charge in [0.1, 0.15) is 6.29 Å². The Morgan fingerprint density at radius 3 is 2.74 bits per heavy atom. The number of likely N-dealkylation sites (tertiary alicyclic amines) is 1. The van der Waals surface area contributed by atoms with Crippen molar-refractivity contribution in [3.05, 3.63) is 47.8 Å². The van der Waals surface area contributed by atoms with Crippen LogP contribution in [-0.2, 0) is 4.79 Å². The summed E-state index contributed by atoms with van der Waals surface area (Å²) >= 11 is 0. The van der Waals surface area contributed by atoms with Crippen LogP contribution in [0.3, 0.4) is 0 Å². The van der Waals surface area contributed by atoms with E-state index in [0.29, 0.717) is 5.92 Å². The van der Waals surface area contributed by atoms with E-state index in [-0.39, 0.29) is 0 Å². The van der Waals surface area contributed by atoms with E-state index in [2.05, 4.69) is 54.7 Å². The van der Waals surface area contributed by atoms with Gasteiger partial charge in [-0.2, -0.15) is 0 Å². The van der Waals surface area contributed by atoms with Gasteiger partial charge in [-0.25, -0.2) is 0 Å². The van der Waals surface area contributed by atoms with Crippen molar-refractivity contribution < 1.29 is 4.79 Å². The minimum atomic E-state index is 0.516. The zero-order chi connectivity index (χ0) is 22.0. The molecule has 4 atom stereocenters. The lowest BCUT2D eigenvalue weighted by atomic mass is 9.72. The molecular formula is C28H40N2O. The first kappa shape index (κ1) is 22.2. The van der Waals surface area contributed by atoms with Crippen LogP contribution < -0.4 is 0 Å². The van der Waals surface area contributed by atoms with Crippen LogP contribution in [0.2, 0.25) is 0 Å². The average Bonchev–Trinajstić information content (AvgIpc) is 3.52. The predicted molar refractivity (Wildman–Crippen MR) is 130 cm³/mol. The van der Waals surface area contributed by atoms with E-state index in [9.17, 15) is 0 Å². The molecule has 31 heavy (non-hydrogen) atoms. The fourth-order valence-corrected chi connectivity index (χ4v) is 6.32. The molecule has 3 nitrogen and oxygen atoms in total. The highest BCUT2D eigenvalue weighted by Crippen LogP contribution is 2.46. The molecule has 2 aliphatic carbocycles. The van der Waals surface area contributed by atoms with Crippen molar-refractivity contribution in [2.45, 2.75) is 90.0 Å². The van der Waals surface area contributed by atoms with Crippen LogP contribution in [0.5, 0.6) is 0 Å². The maximum atomic E-state index is 8.81. The van der Waals surface area contributed by atoms with Gasteiger partial charge in [0, 0.05) is 35.4 Å². The highest BCUT2D eigenvalue weighted by molar-refractivity contribution is 5.88. The zero-order valence-corrected chi connectivity index (χ0v) is 19.7. The monoisotopic (exact) mass is 420 g/mol. The average molecular weight is 421 g/mol. The van der Waals surface area contributed by atoms with E-state index in [1.54, 1.807) is 5.56 Å². The lowest BCUT2D eigenvalue weighted by Crippen LogP contribution is -2.48. The Balaban J connectivity index is 0.000000730. The van der Waals surface area contributed by atoms with Crippen LogP contribution in [0, 0.1) is 11.8 Å². The summed E-state index contributed by atoms with van der Waals surface area (Å²) in [4.78, 5) is 15.1. The van der Waals surface area contributed by atoms with Gasteiger partial charge in [-0.05, 0) is 86.3 Å². The van der Waals surface area contributed by atoms with Crippen molar-refractivity contribution in [1.29, 1.82) is 0 Å². The first-order valence-corrected chi connectivity index (χ1v) is 12.5. The predicted octanol–water partition coefficient (Wildman–Crippen LogP) is 7.16. The molecule has 0 amide bonds. The van der Waals surface area contributed by atoms with Crippen LogP contribution >= 0.6 is 0 Å². The second-order valence-corrected chi connectivity index (χ2v) is 10.2. The molecule has 2 aromatic rings. The first-order chi connectivity index (χ1) is 15.0. The van der Waals surface area contributed by atoms with Gasteiger partial charge in [-0.3, -0.25) is 0 Å². The molecule has 1 aliphatic heterocycles. The number of aromatic amines is 1. The van der Waals surface area contributed by atoms with Gasteiger partial charge in [0.2, 0.25) is 0 Å². The summed E-state index contributed by atoms with van der Waals surface area (Å²) in [6.07, 6.45) is 13.8. The van der Waals surface area contributed by atoms with Gasteiger partial charge in [0.05, 0.1) is 0 Å². The Labute approximate surface area is 188 Å². The van der Waals surface area contributed by atoms with E-state index in [0.717, 1.165) is 36.5 Å². The van der Waals surface area contributed by atoms with Crippen LogP contribution in [0.1, 0.15) is 95.1 Å². The number of piperidine rings is 1. The number of aromatic nitrogens is 1. The number of carbonyl (C=O) groups excluding carboxylic acids is 1. The molecule has 3 aliphatic rings. The summed E-state index contributed by atoms with van der Waals surface area (Å²) in [6, 6.07) is 7.57. The highest BCUT2D eigenvalue weighted by atomic mass is 16.1. The summed E-state index contributed by atoms with van der Waals surface area (Å²) in [6.45, 7) is 12.2. The summed E-state index contributed by atoms with van der Waals surface area (Å²) in [5.74, 6) is 3.09. The molecule has 0 radical (unpaired) electrons. The number of hydrogen-bond acceptors (Lipinski definition) is 2. The molecule has 4 unspecified atom stereocenters. The number of benzene rings is 1. The fraction of sp³-hybridized carbons (Fsp3) is 0.607. The molecular weight excluding hydrogens is 380 g/mol.